The molecule has 3 N–H and O–H groups in total. The summed E-state index contributed by atoms with van der Waals surface area (Å²) in [7, 11) is 3.87. The minimum atomic E-state index is -0.493. The molecular weight excluding hydrogens is 296 g/mol. The van der Waals surface area contributed by atoms with Crippen LogP contribution < -0.4 is 5.73 Å². The fraction of sp³-hybridized carbons (Fsp3) is 0.267. The third kappa shape index (κ3) is 3.37. The highest BCUT2D eigenvalue weighted by Gasteiger charge is 2.12. The average Bonchev–Trinajstić information content (AvgIpc) is 3.12. The van der Waals surface area contributed by atoms with Crippen LogP contribution in [0.5, 0.6) is 0 Å². The zero-order valence-corrected chi connectivity index (χ0v) is 12.9. The van der Waals surface area contributed by atoms with Crippen molar-refractivity contribution in [1.82, 2.24) is 25.2 Å². The number of carbonyl (C=O) groups excluding carboxylic acids is 1. The van der Waals surface area contributed by atoms with Gasteiger partial charge in [-0.1, -0.05) is 5.16 Å². The van der Waals surface area contributed by atoms with Crippen LogP contribution in [0, 0.1) is 6.42 Å². The zero-order chi connectivity index (χ0) is 16.4. The average molecular weight is 313 g/mol. The monoisotopic (exact) mass is 313 g/mol. The summed E-state index contributed by atoms with van der Waals surface area (Å²) >= 11 is 0. The summed E-state index contributed by atoms with van der Waals surface area (Å²) in [6.07, 6.45) is 4.02. The fourth-order valence-corrected chi connectivity index (χ4v) is 2.33. The van der Waals surface area contributed by atoms with Crippen molar-refractivity contribution in [2.24, 2.45) is 5.73 Å². The maximum Gasteiger partial charge on any atom is 0.250 e. The van der Waals surface area contributed by atoms with Gasteiger partial charge in [0, 0.05) is 5.39 Å². The molecule has 0 bridgehead atoms. The van der Waals surface area contributed by atoms with Gasteiger partial charge < -0.3 is 15.2 Å². The molecule has 0 aliphatic carbocycles. The van der Waals surface area contributed by atoms with Crippen molar-refractivity contribution in [3.63, 3.8) is 0 Å². The van der Waals surface area contributed by atoms with Crippen LogP contribution >= 0.6 is 0 Å². The van der Waals surface area contributed by atoms with Crippen LogP contribution in [0.2, 0.25) is 0 Å². The van der Waals surface area contributed by atoms with E-state index in [0.29, 0.717) is 35.8 Å². The number of nitrogens with two attached hydrogens (primary N) is 1. The molecule has 3 rings (SSSR count). The molecular formula is C15H17N6O2. The first-order valence-electron chi connectivity index (χ1n) is 7.09. The standard InChI is InChI=1S/C15H17N6O2/c1-21(2)8-12-18-13(23-20-12)4-3-9-5-10-7-17-19-14(10)11(6-9)15(16)22/h4-7H,3,8H2,1-2H3,(H2,16,22)(H,17,19). The van der Waals surface area contributed by atoms with Crippen LogP contribution in [0.15, 0.2) is 22.9 Å². The van der Waals surface area contributed by atoms with Crippen molar-refractivity contribution in [3.8, 4) is 0 Å². The van der Waals surface area contributed by atoms with E-state index in [1.807, 2.05) is 31.5 Å². The van der Waals surface area contributed by atoms with Gasteiger partial charge in [-0.15, -0.1) is 0 Å². The van der Waals surface area contributed by atoms with Gasteiger partial charge >= 0.3 is 0 Å². The van der Waals surface area contributed by atoms with E-state index in [0.717, 1.165) is 10.9 Å². The fourth-order valence-electron chi connectivity index (χ4n) is 2.33. The van der Waals surface area contributed by atoms with Crippen LogP contribution in [0.4, 0.5) is 0 Å². The predicted octanol–water partition coefficient (Wildman–Crippen LogP) is 0.901. The molecule has 8 nitrogen and oxygen atoms in total. The Kier molecular flexibility index (Phi) is 4.07. The Hall–Kier alpha value is -2.74. The van der Waals surface area contributed by atoms with Gasteiger partial charge in [-0.2, -0.15) is 10.1 Å². The molecule has 1 amide bonds. The Bertz CT molecular complexity index is 835. The highest BCUT2D eigenvalue weighted by Crippen LogP contribution is 2.20. The highest BCUT2D eigenvalue weighted by molar-refractivity contribution is 6.04. The Labute approximate surface area is 132 Å². The van der Waals surface area contributed by atoms with Crippen LogP contribution in [0.1, 0.15) is 27.6 Å². The molecule has 0 saturated carbocycles. The summed E-state index contributed by atoms with van der Waals surface area (Å²) in [6, 6.07) is 3.69. The van der Waals surface area contributed by atoms with E-state index in [2.05, 4.69) is 20.3 Å². The van der Waals surface area contributed by atoms with E-state index in [1.165, 1.54) is 0 Å². The van der Waals surface area contributed by atoms with Gasteiger partial charge in [-0.25, -0.2) is 0 Å². The molecule has 3 aromatic rings. The second-order valence-corrected chi connectivity index (χ2v) is 5.54. The third-order valence-corrected chi connectivity index (χ3v) is 3.33. The Morgan fingerprint density at radius 2 is 2.26 bits per heavy atom. The molecule has 0 atom stereocenters. The van der Waals surface area contributed by atoms with E-state index in [1.54, 1.807) is 12.3 Å². The van der Waals surface area contributed by atoms with Gasteiger partial charge in [0.2, 0.25) is 5.89 Å². The quantitative estimate of drug-likeness (QED) is 0.699. The topological polar surface area (TPSA) is 114 Å². The number of carbonyl (C=O) groups is 1. The second kappa shape index (κ2) is 6.17. The lowest BCUT2D eigenvalue weighted by molar-refractivity contribution is 0.100. The zero-order valence-electron chi connectivity index (χ0n) is 12.9. The van der Waals surface area contributed by atoms with Gasteiger partial charge in [0.1, 0.15) is 0 Å². The minimum Gasteiger partial charge on any atom is -0.366 e. The van der Waals surface area contributed by atoms with Gasteiger partial charge in [0.05, 0.1) is 30.2 Å². The number of hydrogen-bond donors (Lipinski definition) is 2. The Balaban J connectivity index is 1.76. The molecule has 1 aromatic carbocycles. The van der Waals surface area contributed by atoms with E-state index in [4.69, 9.17) is 10.3 Å². The molecule has 0 spiro atoms. The SMILES string of the molecule is CN(C)Cc1noc([CH]Cc2cc(C(N)=O)c3[nH]ncc3c2)n1. The molecule has 0 fully saturated rings. The molecule has 0 unspecified atom stereocenters. The first-order valence-corrected chi connectivity index (χ1v) is 7.09. The van der Waals surface area contributed by atoms with E-state index in [9.17, 15) is 4.79 Å². The molecule has 119 valence electrons. The number of primary amides is 1. The lowest BCUT2D eigenvalue weighted by Crippen LogP contribution is -2.12. The molecule has 1 radical (unpaired) electrons. The number of fused-ring (bicyclic) bond motifs is 1. The number of aromatic nitrogens is 4. The Morgan fingerprint density at radius 1 is 1.43 bits per heavy atom. The van der Waals surface area contributed by atoms with Crippen molar-refractivity contribution in [2.45, 2.75) is 13.0 Å². The molecule has 0 aliphatic heterocycles. The van der Waals surface area contributed by atoms with Crippen LogP contribution in [-0.4, -0.2) is 45.2 Å². The number of nitrogens with zero attached hydrogens (tertiary/aromatic N) is 4. The molecule has 2 heterocycles. The van der Waals surface area contributed by atoms with Crippen molar-refractivity contribution < 1.29 is 9.32 Å². The van der Waals surface area contributed by atoms with Gasteiger partial charge in [0.25, 0.3) is 5.91 Å². The summed E-state index contributed by atoms with van der Waals surface area (Å²) in [4.78, 5) is 17.8. The maximum absolute atomic E-state index is 11.6. The normalized spacial score (nSPS) is 11.4. The highest BCUT2D eigenvalue weighted by atomic mass is 16.5. The number of benzene rings is 1. The molecule has 0 saturated heterocycles. The van der Waals surface area contributed by atoms with Gasteiger partial charge in [-0.05, 0) is 38.2 Å². The number of aromatic amines is 1. The van der Waals surface area contributed by atoms with Crippen LogP contribution in [-0.2, 0) is 13.0 Å². The Morgan fingerprint density at radius 3 is 3.00 bits per heavy atom. The summed E-state index contributed by atoms with van der Waals surface area (Å²) in [5.74, 6) is 0.589. The van der Waals surface area contributed by atoms with Crippen LogP contribution in [0.3, 0.4) is 0 Å². The summed E-state index contributed by atoms with van der Waals surface area (Å²) < 4.78 is 5.18. The van der Waals surface area contributed by atoms with Gasteiger partial charge in [-0.3, -0.25) is 9.89 Å². The first-order chi connectivity index (χ1) is 11.0. The molecule has 23 heavy (non-hydrogen) atoms. The largest absolute Gasteiger partial charge is 0.366 e. The summed E-state index contributed by atoms with van der Waals surface area (Å²) in [5.41, 5.74) is 7.40. The minimum absolute atomic E-state index is 0.419. The molecule has 2 aromatic heterocycles. The lowest BCUT2D eigenvalue weighted by Gasteiger charge is -2.04. The smallest absolute Gasteiger partial charge is 0.250 e. The first kappa shape index (κ1) is 15.2. The number of H-pyrrole nitrogens is 1. The molecule has 8 heteroatoms. The third-order valence-electron chi connectivity index (χ3n) is 3.33. The lowest BCUT2D eigenvalue weighted by atomic mass is 10.0. The number of nitrogens with one attached hydrogen (secondary N) is 1. The molecule has 0 aliphatic rings. The van der Waals surface area contributed by atoms with Crippen molar-refractivity contribution >= 4 is 16.8 Å². The van der Waals surface area contributed by atoms with E-state index >= 15 is 0 Å². The summed E-state index contributed by atoms with van der Waals surface area (Å²) in [5, 5.41) is 11.5. The number of hydrogen-bond acceptors (Lipinski definition) is 6. The van der Waals surface area contributed by atoms with Crippen molar-refractivity contribution in [1.29, 1.82) is 0 Å². The van der Waals surface area contributed by atoms with E-state index in [-0.39, 0.29) is 0 Å². The van der Waals surface area contributed by atoms with E-state index < -0.39 is 5.91 Å². The van der Waals surface area contributed by atoms with Crippen LogP contribution in [0.25, 0.3) is 10.9 Å². The maximum atomic E-state index is 11.6. The summed E-state index contributed by atoms with van der Waals surface area (Å²) in [6.45, 7) is 0.615. The second-order valence-electron chi connectivity index (χ2n) is 5.54. The predicted molar refractivity (Wildman–Crippen MR) is 83.4 cm³/mol. The van der Waals surface area contributed by atoms with Crippen molar-refractivity contribution in [3.05, 3.63) is 47.6 Å². The number of rotatable bonds is 6. The van der Waals surface area contributed by atoms with Gasteiger partial charge in [0.15, 0.2) is 5.82 Å². The van der Waals surface area contributed by atoms with Crippen molar-refractivity contribution in [2.75, 3.05) is 14.1 Å². The number of amides is 1.